The summed E-state index contributed by atoms with van der Waals surface area (Å²) in [5.41, 5.74) is 0.299. The molecule has 0 spiro atoms. The van der Waals surface area contributed by atoms with E-state index in [1.54, 1.807) is 26.0 Å². The molecule has 2 heterocycles. The van der Waals surface area contributed by atoms with Gasteiger partial charge in [0.15, 0.2) is 0 Å². The Morgan fingerprint density at radius 2 is 1.74 bits per heavy atom. The number of hydrogen-bond donors (Lipinski definition) is 1. The van der Waals surface area contributed by atoms with Crippen LogP contribution in [0, 0.1) is 17.7 Å². The summed E-state index contributed by atoms with van der Waals surface area (Å²) in [7, 11) is 0. The number of quaternary nitrogens is 1. The normalized spacial score (nSPS) is 27.5. The second-order valence-electron chi connectivity index (χ2n) is 8.09. The van der Waals surface area contributed by atoms with Gasteiger partial charge in [0.2, 0.25) is 17.4 Å². The number of benzene rings is 2. The van der Waals surface area contributed by atoms with Crippen LogP contribution in [0.15, 0.2) is 54.6 Å². The first-order valence-corrected chi connectivity index (χ1v) is 10.6. The van der Waals surface area contributed by atoms with Gasteiger partial charge in [-0.1, -0.05) is 42.5 Å². The van der Waals surface area contributed by atoms with Crippen LogP contribution in [0.1, 0.15) is 31.0 Å². The highest BCUT2D eigenvalue weighted by Gasteiger charge is 2.72. The smallest absolute Gasteiger partial charge is 0.369 e. The molecule has 0 radical (unpaired) electrons. The van der Waals surface area contributed by atoms with Crippen molar-refractivity contribution in [1.82, 2.24) is 4.90 Å². The van der Waals surface area contributed by atoms with Crippen LogP contribution in [-0.2, 0) is 25.5 Å². The Balaban J connectivity index is 1.86. The first kappa shape index (κ1) is 21.2. The van der Waals surface area contributed by atoms with E-state index < -0.39 is 29.4 Å². The summed E-state index contributed by atoms with van der Waals surface area (Å²) in [6, 6.07) is 14.8. The molecule has 2 fully saturated rings. The molecule has 2 aliphatic rings. The van der Waals surface area contributed by atoms with Gasteiger partial charge in [0.25, 0.3) is 0 Å². The van der Waals surface area contributed by atoms with E-state index in [2.05, 4.69) is 0 Å². The number of nitrogens with zero attached hydrogens (tertiary/aromatic N) is 1. The quantitative estimate of drug-likeness (QED) is 0.563. The third-order valence-corrected chi connectivity index (χ3v) is 6.43. The van der Waals surface area contributed by atoms with Gasteiger partial charge in [-0.15, -0.1) is 0 Å². The fourth-order valence-corrected chi connectivity index (χ4v) is 5.12. The first-order chi connectivity index (χ1) is 14.9. The van der Waals surface area contributed by atoms with Crippen molar-refractivity contribution in [3.8, 4) is 0 Å². The summed E-state index contributed by atoms with van der Waals surface area (Å²) < 4.78 is 19.0. The minimum absolute atomic E-state index is 0.168. The zero-order chi connectivity index (χ0) is 22.2. The highest BCUT2D eigenvalue weighted by molar-refractivity contribution is 6.08. The summed E-state index contributed by atoms with van der Waals surface area (Å²) >= 11 is 0. The van der Waals surface area contributed by atoms with E-state index in [1.807, 2.05) is 35.6 Å². The van der Waals surface area contributed by atoms with Gasteiger partial charge in [-0.25, -0.2) is 9.18 Å². The van der Waals surface area contributed by atoms with Gasteiger partial charge in [-0.05, 0) is 31.5 Å². The maximum Gasteiger partial charge on any atom is 0.369 e. The molecule has 162 valence electrons. The van der Waals surface area contributed by atoms with Gasteiger partial charge >= 0.3 is 5.97 Å². The van der Waals surface area contributed by atoms with Crippen molar-refractivity contribution >= 4 is 17.8 Å². The lowest BCUT2D eigenvalue weighted by Gasteiger charge is -2.29. The number of likely N-dealkylation sites (tertiary alicyclic amines) is 1. The van der Waals surface area contributed by atoms with Crippen LogP contribution in [-0.4, -0.2) is 41.4 Å². The summed E-state index contributed by atoms with van der Waals surface area (Å²) in [6.45, 7) is 3.88. The van der Waals surface area contributed by atoms with Gasteiger partial charge in [0, 0.05) is 18.5 Å². The van der Waals surface area contributed by atoms with E-state index in [-0.39, 0.29) is 37.2 Å². The number of ether oxygens (including phenoxy) is 1. The highest BCUT2D eigenvalue weighted by atomic mass is 19.1. The van der Waals surface area contributed by atoms with Crippen LogP contribution in [0.2, 0.25) is 0 Å². The molecule has 2 aliphatic heterocycles. The van der Waals surface area contributed by atoms with Crippen LogP contribution in [0.5, 0.6) is 0 Å². The number of carbonyl (C=O) groups excluding carboxylic acids is 3. The largest absolute Gasteiger partial charge is 0.461 e. The monoisotopic (exact) mass is 425 g/mol. The summed E-state index contributed by atoms with van der Waals surface area (Å²) in [5.74, 6) is -3.09. The number of imide groups is 1. The van der Waals surface area contributed by atoms with E-state index in [0.717, 1.165) is 5.56 Å². The number of carbonyl (C=O) groups is 3. The molecule has 7 heteroatoms. The van der Waals surface area contributed by atoms with Crippen molar-refractivity contribution in [2.45, 2.75) is 31.8 Å². The number of amides is 2. The number of halogens is 1. The van der Waals surface area contributed by atoms with Gasteiger partial charge in [-0.2, -0.15) is 0 Å². The van der Waals surface area contributed by atoms with Crippen LogP contribution >= 0.6 is 0 Å². The van der Waals surface area contributed by atoms with Crippen molar-refractivity contribution in [2.24, 2.45) is 11.8 Å². The number of rotatable bonds is 6. The standard InChI is InChI=1S/C24H25FN2O4/c1-3-27-21(28)18-19(22(27)29)24(23(30)31-4-2,14-15-8-6-5-7-9-15)26-20(18)16-10-12-17(25)13-11-16/h5-13,18-20,26H,3-4,14H2,1-2H3/p+1/t18-,19-,20+,24+/m0/s1. The molecule has 0 aromatic heterocycles. The molecule has 2 aromatic rings. The fourth-order valence-electron chi connectivity index (χ4n) is 5.12. The lowest BCUT2D eigenvalue weighted by atomic mass is 9.76. The maximum atomic E-state index is 13.6. The Morgan fingerprint density at radius 1 is 1.06 bits per heavy atom. The Kier molecular flexibility index (Phi) is 5.62. The van der Waals surface area contributed by atoms with Crippen LogP contribution in [0.3, 0.4) is 0 Å². The second-order valence-corrected chi connectivity index (χ2v) is 8.09. The van der Waals surface area contributed by atoms with Gasteiger partial charge in [-0.3, -0.25) is 14.5 Å². The lowest BCUT2D eigenvalue weighted by Crippen LogP contribution is -2.98. The molecule has 31 heavy (non-hydrogen) atoms. The number of fused-ring (bicyclic) bond motifs is 1. The third-order valence-electron chi connectivity index (χ3n) is 6.43. The summed E-state index contributed by atoms with van der Waals surface area (Å²) in [4.78, 5) is 41.3. The van der Waals surface area contributed by atoms with Crippen molar-refractivity contribution in [3.63, 3.8) is 0 Å². The molecule has 0 saturated carbocycles. The molecule has 2 amide bonds. The van der Waals surface area contributed by atoms with Crippen LogP contribution < -0.4 is 5.32 Å². The Bertz CT molecular complexity index is 994. The van der Waals surface area contributed by atoms with Crippen molar-refractivity contribution < 1.29 is 28.8 Å². The minimum Gasteiger partial charge on any atom is -0.461 e. The Labute approximate surface area is 180 Å². The molecule has 2 aromatic carbocycles. The fraction of sp³-hybridized carbons (Fsp3) is 0.375. The third kappa shape index (κ3) is 3.43. The first-order valence-electron chi connectivity index (χ1n) is 10.6. The summed E-state index contributed by atoms with van der Waals surface area (Å²) in [5, 5.41) is 1.81. The van der Waals surface area contributed by atoms with Crippen molar-refractivity contribution in [2.75, 3.05) is 13.2 Å². The van der Waals surface area contributed by atoms with E-state index >= 15 is 0 Å². The highest BCUT2D eigenvalue weighted by Crippen LogP contribution is 2.45. The molecule has 4 rings (SSSR count). The molecule has 6 nitrogen and oxygen atoms in total. The summed E-state index contributed by atoms with van der Waals surface area (Å²) in [6.07, 6.45) is 0.252. The zero-order valence-corrected chi connectivity index (χ0v) is 17.6. The van der Waals surface area contributed by atoms with Gasteiger partial charge in [0.1, 0.15) is 23.7 Å². The Morgan fingerprint density at radius 3 is 2.35 bits per heavy atom. The molecular weight excluding hydrogens is 399 g/mol. The SMILES string of the molecule is CCOC(=O)[C@]1(Cc2ccccc2)[NH2+][C@H](c2ccc(F)cc2)[C@H]2C(=O)N(CC)C(=O)[C@H]21. The number of esters is 1. The van der Waals surface area contributed by atoms with Gasteiger partial charge in [0.05, 0.1) is 6.61 Å². The van der Waals surface area contributed by atoms with E-state index in [0.29, 0.717) is 5.56 Å². The molecule has 4 atom stereocenters. The molecule has 2 saturated heterocycles. The van der Waals surface area contributed by atoms with Gasteiger partial charge < -0.3 is 10.1 Å². The number of hydrogen-bond acceptors (Lipinski definition) is 4. The van der Waals surface area contributed by atoms with Crippen LogP contribution in [0.25, 0.3) is 0 Å². The minimum atomic E-state index is -1.28. The Hall–Kier alpha value is -3.06. The molecule has 2 N–H and O–H groups in total. The molecule has 0 aliphatic carbocycles. The predicted molar refractivity (Wildman–Crippen MR) is 110 cm³/mol. The molecule has 0 bridgehead atoms. The van der Waals surface area contributed by atoms with E-state index in [4.69, 9.17) is 4.74 Å². The average molecular weight is 425 g/mol. The maximum absolute atomic E-state index is 13.6. The number of nitrogens with two attached hydrogens (primary N) is 1. The molecule has 0 unspecified atom stereocenters. The zero-order valence-electron chi connectivity index (χ0n) is 17.6. The van der Waals surface area contributed by atoms with E-state index in [9.17, 15) is 18.8 Å². The van der Waals surface area contributed by atoms with E-state index in [1.165, 1.54) is 17.0 Å². The van der Waals surface area contributed by atoms with Crippen molar-refractivity contribution in [1.29, 1.82) is 0 Å². The predicted octanol–water partition coefficient (Wildman–Crippen LogP) is 1.61. The average Bonchev–Trinajstić information content (AvgIpc) is 3.24. The lowest BCUT2D eigenvalue weighted by molar-refractivity contribution is -0.734. The topological polar surface area (TPSA) is 80.3 Å². The second kappa shape index (κ2) is 8.23. The van der Waals surface area contributed by atoms with Crippen LogP contribution in [0.4, 0.5) is 4.39 Å². The van der Waals surface area contributed by atoms with Crippen molar-refractivity contribution in [3.05, 3.63) is 71.5 Å². The molecular formula is C24H26FN2O4+.